The van der Waals surface area contributed by atoms with E-state index in [1.165, 1.54) is 0 Å². The van der Waals surface area contributed by atoms with Gasteiger partial charge in [0.25, 0.3) is 5.91 Å². The Balaban J connectivity index is 1.92. The van der Waals surface area contributed by atoms with Crippen LogP contribution in [0.15, 0.2) is 36.5 Å². The summed E-state index contributed by atoms with van der Waals surface area (Å²) in [6.07, 6.45) is 2.67. The van der Waals surface area contributed by atoms with Gasteiger partial charge in [0, 0.05) is 17.6 Å². The van der Waals surface area contributed by atoms with Crippen LogP contribution in [0.3, 0.4) is 0 Å². The third-order valence-electron chi connectivity index (χ3n) is 4.15. The van der Waals surface area contributed by atoms with Crippen LogP contribution < -0.4 is 5.32 Å². The molecule has 0 aliphatic carbocycles. The van der Waals surface area contributed by atoms with E-state index in [2.05, 4.69) is 34.5 Å². The zero-order valence-electron chi connectivity index (χ0n) is 15.0. The fraction of sp³-hybridized carbons (Fsp3) is 0.368. The number of nitrogens with zero attached hydrogens (tertiary/aromatic N) is 4. The van der Waals surface area contributed by atoms with Gasteiger partial charge in [-0.15, -0.1) is 5.10 Å². The molecule has 1 amide bonds. The Bertz CT molecular complexity index is 894. The number of rotatable bonds is 5. The molecule has 0 aliphatic heterocycles. The molecule has 3 rings (SSSR count). The highest BCUT2D eigenvalue weighted by molar-refractivity contribution is 5.94. The minimum absolute atomic E-state index is 0.0938. The van der Waals surface area contributed by atoms with E-state index in [9.17, 15) is 4.79 Å². The summed E-state index contributed by atoms with van der Waals surface area (Å²) in [4.78, 5) is 17.0. The lowest BCUT2D eigenvalue weighted by Gasteiger charge is -2.15. The number of carbonyl (C=O) groups excluding carboxylic acids is 1. The van der Waals surface area contributed by atoms with Gasteiger partial charge < -0.3 is 5.32 Å². The van der Waals surface area contributed by atoms with Gasteiger partial charge in [0.1, 0.15) is 0 Å². The number of benzene rings is 1. The molecule has 3 aromatic rings. The lowest BCUT2D eigenvalue weighted by Crippen LogP contribution is -2.34. The van der Waals surface area contributed by atoms with Gasteiger partial charge in [0.15, 0.2) is 5.69 Å². The van der Waals surface area contributed by atoms with Crippen LogP contribution in [0.5, 0.6) is 0 Å². The second-order valence-corrected chi connectivity index (χ2v) is 6.79. The van der Waals surface area contributed by atoms with Crippen molar-refractivity contribution in [3.8, 4) is 5.69 Å². The molecule has 6 nitrogen and oxygen atoms in total. The maximum Gasteiger partial charge on any atom is 0.273 e. The molecule has 0 saturated carbocycles. The van der Waals surface area contributed by atoms with Gasteiger partial charge in [-0.1, -0.05) is 37.3 Å². The molecule has 6 heteroatoms. The fourth-order valence-corrected chi connectivity index (χ4v) is 3.08. The van der Waals surface area contributed by atoms with Gasteiger partial charge in [0.2, 0.25) is 0 Å². The largest absolute Gasteiger partial charge is 0.348 e. The summed E-state index contributed by atoms with van der Waals surface area (Å²) < 4.78 is 1.68. The molecule has 130 valence electrons. The van der Waals surface area contributed by atoms with E-state index >= 15 is 0 Å². The minimum Gasteiger partial charge on any atom is -0.348 e. The molecule has 25 heavy (non-hydrogen) atoms. The van der Waals surface area contributed by atoms with Crippen LogP contribution in [0, 0.1) is 12.8 Å². The van der Waals surface area contributed by atoms with Crippen LogP contribution in [0.2, 0.25) is 0 Å². The molecule has 0 radical (unpaired) electrons. The lowest BCUT2D eigenvalue weighted by atomic mass is 10.1. The van der Waals surface area contributed by atoms with Crippen LogP contribution in [0.4, 0.5) is 0 Å². The highest BCUT2D eigenvalue weighted by atomic mass is 16.2. The van der Waals surface area contributed by atoms with Crippen LogP contribution in [0.1, 0.15) is 43.4 Å². The highest BCUT2D eigenvalue weighted by Crippen LogP contribution is 2.21. The number of hydrogen-bond acceptors (Lipinski definition) is 4. The molecular formula is C19H23N5O. The van der Waals surface area contributed by atoms with E-state index in [0.29, 0.717) is 17.3 Å². The summed E-state index contributed by atoms with van der Waals surface area (Å²) in [5.74, 6) is 0.332. The van der Waals surface area contributed by atoms with Crippen molar-refractivity contribution >= 4 is 16.8 Å². The van der Waals surface area contributed by atoms with E-state index < -0.39 is 0 Å². The number of amides is 1. The Labute approximate surface area is 147 Å². The number of para-hydroxylation sites is 1. The van der Waals surface area contributed by atoms with Crippen molar-refractivity contribution in [1.82, 2.24) is 25.3 Å². The normalized spacial score (nSPS) is 12.5. The molecule has 1 atom stereocenters. The van der Waals surface area contributed by atoms with Crippen molar-refractivity contribution in [2.75, 3.05) is 0 Å². The van der Waals surface area contributed by atoms with Crippen LogP contribution in [-0.4, -0.2) is 31.9 Å². The van der Waals surface area contributed by atoms with Crippen molar-refractivity contribution in [3.05, 3.63) is 47.9 Å². The molecule has 0 saturated heterocycles. The number of aromatic nitrogens is 4. The maximum atomic E-state index is 12.5. The summed E-state index contributed by atoms with van der Waals surface area (Å²) in [7, 11) is 0. The number of carbonyl (C=O) groups is 1. The Morgan fingerprint density at radius 3 is 2.72 bits per heavy atom. The third-order valence-corrected chi connectivity index (χ3v) is 4.15. The van der Waals surface area contributed by atoms with Crippen molar-refractivity contribution < 1.29 is 4.79 Å². The molecular weight excluding hydrogens is 314 g/mol. The Hall–Kier alpha value is -2.76. The number of nitrogens with one attached hydrogen (secondary N) is 1. The fourth-order valence-electron chi connectivity index (χ4n) is 3.08. The van der Waals surface area contributed by atoms with Crippen LogP contribution in [-0.2, 0) is 0 Å². The van der Waals surface area contributed by atoms with Crippen molar-refractivity contribution in [2.24, 2.45) is 5.92 Å². The first-order valence-corrected chi connectivity index (χ1v) is 8.54. The van der Waals surface area contributed by atoms with Gasteiger partial charge in [-0.05, 0) is 38.3 Å². The topological polar surface area (TPSA) is 72.7 Å². The van der Waals surface area contributed by atoms with Gasteiger partial charge >= 0.3 is 0 Å². The van der Waals surface area contributed by atoms with E-state index in [1.807, 2.05) is 44.2 Å². The summed E-state index contributed by atoms with van der Waals surface area (Å²) >= 11 is 0. The first-order valence-electron chi connectivity index (χ1n) is 8.54. The standard InChI is InChI=1S/C19H23N5O/c1-12(2)11-13(3)21-19(25)17-14(4)24(23-22-17)16-9-5-7-15-8-6-10-20-18(15)16/h5-10,12-13H,11H2,1-4H3,(H,21,25). The van der Waals surface area contributed by atoms with Crippen molar-refractivity contribution in [3.63, 3.8) is 0 Å². The van der Waals surface area contributed by atoms with Gasteiger partial charge in [0.05, 0.1) is 16.9 Å². The average molecular weight is 337 g/mol. The van der Waals surface area contributed by atoms with E-state index in [-0.39, 0.29) is 11.9 Å². The molecule has 1 unspecified atom stereocenters. The molecule has 1 aromatic carbocycles. The molecule has 1 N–H and O–H groups in total. The quantitative estimate of drug-likeness (QED) is 0.775. The number of fused-ring (bicyclic) bond motifs is 1. The van der Waals surface area contributed by atoms with Crippen LogP contribution >= 0.6 is 0 Å². The monoisotopic (exact) mass is 337 g/mol. The predicted octanol–water partition coefficient (Wildman–Crippen LogP) is 3.29. The molecule has 2 aromatic heterocycles. The van der Waals surface area contributed by atoms with Gasteiger partial charge in [-0.25, -0.2) is 4.68 Å². The van der Waals surface area contributed by atoms with Gasteiger partial charge in [-0.3, -0.25) is 9.78 Å². The van der Waals surface area contributed by atoms with Crippen molar-refractivity contribution in [2.45, 2.75) is 40.2 Å². The van der Waals surface area contributed by atoms with Crippen molar-refractivity contribution in [1.29, 1.82) is 0 Å². The zero-order chi connectivity index (χ0) is 18.0. The molecule has 2 heterocycles. The summed E-state index contributed by atoms with van der Waals surface area (Å²) in [5, 5.41) is 12.3. The Morgan fingerprint density at radius 2 is 1.96 bits per heavy atom. The van der Waals surface area contributed by atoms with E-state index in [1.54, 1.807) is 10.9 Å². The zero-order valence-corrected chi connectivity index (χ0v) is 15.0. The van der Waals surface area contributed by atoms with E-state index in [4.69, 9.17) is 0 Å². The van der Waals surface area contributed by atoms with Gasteiger partial charge in [-0.2, -0.15) is 0 Å². The SMILES string of the molecule is Cc1c(C(=O)NC(C)CC(C)C)nnn1-c1cccc2cccnc12. The third kappa shape index (κ3) is 3.52. The Kier molecular flexibility index (Phi) is 4.79. The summed E-state index contributed by atoms with van der Waals surface area (Å²) in [5.41, 5.74) is 2.70. The summed E-state index contributed by atoms with van der Waals surface area (Å²) in [6.45, 7) is 8.13. The second kappa shape index (κ2) is 7.01. The maximum absolute atomic E-state index is 12.5. The highest BCUT2D eigenvalue weighted by Gasteiger charge is 2.20. The predicted molar refractivity (Wildman–Crippen MR) is 97.8 cm³/mol. The average Bonchev–Trinajstić information content (AvgIpc) is 2.95. The Morgan fingerprint density at radius 1 is 1.20 bits per heavy atom. The number of hydrogen-bond donors (Lipinski definition) is 1. The summed E-state index contributed by atoms with van der Waals surface area (Å²) in [6, 6.07) is 9.87. The first-order chi connectivity index (χ1) is 12.0. The number of pyridine rings is 1. The molecule has 0 aliphatic rings. The lowest BCUT2D eigenvalue weighted by molar-refractivity contribution is 0.0930. The molecule has 0 bridgehead atoms. The van der Waals surface area contributed by atoms with Crippen LogP contribution in [0.25, 0.3) is 16.6 Å². The minimum atomic E-state index is -0.190. The first kappa shape index (κ1) is 17.1. The second-order valence-electron chi connectivity index (χ2n) is 6.79. The molecule has 0 spiro atoms. The van der Waals surface area contributed by atoms with E-state index in [0.717, 1.165) is 23.0 Å². The molecule has 0 fully saturated rings. The smallest absolute Gasteiger partial charge is 0.273 e.